The normalized spacial score (nSPS) is 14.3. The van der Waals surface area contributed by atoms with E-state index in [1.165, 1.54) is 0 Å². The summed E-state index contributed by atoms with van der Waals surface area (Å²) in [6.07, 6.45) is 2.30. The van der Waals surface area contributed by atoms with Crippen molar-refractivity contribution in [3.63, 3.8) is 0 Å². The zero-order valence-electron chi connectivity index (χ0n) is 18.1. The van der Waals surface area contributed by atoms with Crippen molar-refractivity contribution >= 4 is 40.7 Å². The molecule has 0 saturated carbocycles. The number of rotatable bonds is 6. The van der Waals surface area contributed by atoms with Crippen molar-refractivity contribution in [2.75, 3.05) is 30.4 Å². The van der Waals surface area contributed by atoms with Gasteiger partial charge >= 0.3 is 0 Å². The Morgan fingerprint density at radius 3 is 2.66 bits per heavy atom. The Balaban J connectivity index is 1.36. The lowest BCUT2D eigenvalue weighted by Gasteiger charge is -2.31. The van der Waals surface area contributed by atoms with Crippen molar-refractivity contribution < 1.29 is 9.15 Å². The largest absolute Gasteiger partial charge is 0.481 e. The number of ether oxygens (including phenoxy) is 1. The van der Waals surface area contributed by atoms with E-state index in [9.17, 15) is 0 Å². The van der Waals surface area contributed by atoms with Crippen LogP contribution in [0.1, 0.15) is 25.5 Å². The van der Waals surface area contributed by atoms with Crippen LogP contribution in [0.5, 0.6) is 5.88 Å². The van der Waals surface area contributed by atoms with Gasteiger partial charge in [-0.25, -0.2) is 0 Å². The van der Waals surface area contributed by atoms with Gasteiger partial charge in [0.05, 0.1) is 13.7 Å². The quantitative estimate of drug-likeness (QED) is 0.480. The topological polar surface area (TPSA) is 75.5 Å². The molecule has 168 valence electrons. The van der Waals surface area contributed by atoms with Crippen molar-refractivity contribution in [2.45, 2.75) is 26.3 Å². The van der Waals surface area contributed by atoms with Crippen LogP contribution in [-0.4, -0.2) is 35.3 Å². The van der Waals surface area contributed by atoms with E-state index in [4.69, 9.17) is 33.0 Å². The molecule has 3 heterocycles. The fraction of sp³-hybridized carbons (Fsp3) is 0.348. The highest BCUT2D eigenvalue weighted by molar-refractivity contribution is 7.80. The first-order valence-corrected chi connectivity index (χ1v) is 11.4. The average Bonchev–Trinajstić information content (AvgIpc) is 3.27. The molecular weight excluding hydrogens is 446 g/mol. The SMILES string of the molecule is COc1cc(N2CCC(C)CC2)nc(NC(=S)NCc2ccc(-c3ccc(Cl)cc3)o2)n1. The number of nitrogens with one attached hydrogen (secondary N) is 2. The van der Waals surface area contributed by atoms with Crippen molar-refractivity contribution in [1.29, 1.82) is 0 Å². The van der Waals surface area contributed by atoms with Crippen LogP contribution in [0.15, 0.2) is 46.9 Å². The average molecular weight is 472 g/mol. The second kappa shape index (κ2) is 10.2. The smallest absolute Gasteiger partial charge is 0.234 e. The molecular formula is C23H26ClN5O2S. The molecule has 2 N–H and O–H groups in total. The summed E-state index contributed by atoms with van der Waals surface area (Å²) in [6, 6.07) is 13.2. The number of benzene rings is 1. The van der Waals surface area contributed by atoms with Gasteiger partial charge in [0, 0.05) is 29.7 Å². The molecule has 1 aliphatic rings. The van der Waals surface area contributed by atoms with Crippen molar-refractivity contribution in [2.24, 2.45) is 5.92 Å². The van der Waals surface area contributed by atoms with E-state index < -0.39 is 0 Å². The molecule has 0 radical (unpaired) electrons. The van der Waals surface area contributed by atoms with E-state index in [2.05, 4.69) is 32.4 Å². The maximum absolute atomic E-state index is 5.95. The van der Waals surface area contributed by atoms with E-state index in [0.29, 0.717) is 28.5 Å². The number of piperidine rings is 1. The number of aromatic nitrogens is 2. The fourth-order valence-corrected chi connectivity index (χ4v) is 3.82. The third-order valence-electron chi connectivity index (χ3n) is 5.44. The summed E-state index contributed by atoms with van der Waals surface area (Å²) >= 11 is 11.4. The number of hydrogen-bond donors (Lipinski definition) is 2. The van der Waals surface area contributed by atoms with Gasteiger partial charge in [-0.3, -0.25) is 0 Å². The molecule has 0 amide bonds. The lowest BCUT2D eigenvalue weighted by atomic mass is 9.99. The highest BCUT2D eigenvalue weighted by atomic mass is 35.5. The molecule has 1 aliphatic heterocycles. The number of anilines is 2. The molecule has 1 fully saturated rings. The monoisotopic (exact) mass is 471 g/mol. The predicted molar refractivity (Wildman–Crippen MR) is 131 cm³/mol. The van der Waals surface area contributed by atoms with Gasteiger partial charge in [-0.2, -0.15) is 9.97 Å². The number of furan rings is 1. The van der Waals surface area contributed by atoms with E-state index >= 15 is 0 Å². The second-order valence-corrected chi connectivity index (χ2v) is 8.69. The Bertz CT molecular complexity index is 1060. The summed E-state index contributed by atoms with van der Waals surface area (Å²) in [4.78, 5) is 11.3. The Hall–Kier alpha value is -2.84. The van der Waals surface area contributed by atoms with Crippen LogP contribution in [0.2, 0.25) is 5.02 Å². The van der Waals surface area contributed by atoms with Crippen LogP contribution in [0, 0.1) is 5.92 Å². The predicted octanol–water partition coefficient (Wildman–Crippen LogP) is 5.12. The van der Waals surface area contributed by atoms with Gasteiger partial charge in [0.15, 0.2) is 5.11 Å². The molecule has 1 aromatic carbocycles. The highest BCUT2D eigenvalue weighted by Crippen LogP contribution is 2.26. The minimum Gasteiger partial charge on any atom is -0.481 e. The van der Waals surface area contributed by atoms with Crippen LogP contribution in [0.4, 0.5) is 11.8 Å². The molecule has 0 unspecified atom stereocenters. The minimum atomic E-state index is 0.400. The van der Waals surface area contributed by atoms with Gasteiger partial charge in [-0.1, -0.05) is 18.5 Å². The van der Waals surface area contributed by atoms with E-state index in [0.717, 1.165) is 54.8 Å². The summed E-state index contributed by atoms with van der Waals surface area (Å²) in [5.41, 5.74) is 0.964. The molecule has 0 spiro atoms. The zero-order chi connectivity index (χ0) is 22.5. The molecule has 9 heteroatoms. The maximum atomic E-state index is 5.95. The summed E-state index contributed by atoms with van der Waals surface area (Å²) in [5, 5.41) is 7.28. The van der Waals surface area contributed by atoms with E-state index in [1.807, 2.05) is 42.5 Å². The molecule has 7 nitrogen and oxygen atoms in total. The molecule has 0 aliphatic carbocycles. The Morgan fingerprint density at radius 2 is 1.94 bits per heavy atom. The summed E-state index contributed by atoms with van der Waals surface area (Å²) in [7, 11) is 1.60. The van der Waals surface area contributed by atoms with Gasteiger partial charge in [0.1, 0.15) is 17.3 Å². The van der Waals surface area contributed by atoms with Gasteiger partial charge in [-0.15, -0.1) is 0 Å². The number of thiocarbonyl (C=S) groups is 1. The van der Waals surface area contributed by atoms with E-state index in [1.54, 1.807) is 7.11 Å². The van der Waals surface area contributed by atoms with Crippen LogP contribution < -0.4 is 20.3 Å². The molecule has 4 rings (SSSR count). The second-order valence-electron chi connectivity index (χ2n) is 7.84. The molecule has 3 aromatic rings. The first kappa shape index (κ1) is 22.4. The number of nitrogens with zero attached hydrogens (tertiary/aromatic N) is 3. The lowest BCUT2D eigenvalue weighted by molar-refractivity contribution is 0.396. The standard InChI is InChI=1S/C23H26ClN5O2S/c1-15-9-11-29(12-10-15)20-13-21(30-2)27-22(26-20)28-23(32)25-14-18-7-8-19(31-18)16-3-5-17(24)6-4-16/h3-8,13,15H,9-12,14H2,1-2H3,(H2,25,26,27,28,32). The molecule has 0 bridgehead atoms. The first-order chi connectivity index (χ1) is 15.5. The van der Waals surface area contributed by atoms with Crippen LogP contribution >= 0.6 is 23.8 Å². The number of hydrogen-bond acceptors (Lipinski definition) is 6. The van der Waals surface area contributed by atoms with E-state index in [-0.39, 0.29) is 0 Å². The molecule has 1 saturated heterocycles. The summed E-state index contributed by atoms with van der Waals surface area (Å²) in [6.45, 7) is 4.66. The first-order valence-electron chi connectivity index (χ1n) is 10.6. The van der Waals surface area contributed by atoms with Gasteiger partial charge in [0.2, 0.25) is 11.8 Å². The van der Waals surface area contributed by atoms with Crippen LogP contribution in [0.3, 0.4) is 0 Å². The number of halogens is 1. The van der Waals surface area contributed by atoms with Crippen LogP contribution in [-0.2, 0) is 6.54 Å². The molecule has 0 atom stereocenters. The highest BCUT2D eigenvalue weighted by Gasteiger charge is 2.19. The zero-order valence-corrected chi connectivity index (χ0v) is 19.7. The van der Waals surface area contributed by atoms with Gasteiger partial charge in [0.25, 0.3) is 0 Å². The van der Waals surface area contributed by atoms with Crippen molar-refractivity contribution in [3.05, 3.63) is 53.2 Å². The summed E-state index contributed by atoms with van der Waals surface area (Å²) < 4.78 is 11.3. The Labute approximate surface area is 198 Å². The van der Waals surface area contributed by atoms with Crippen molar-refractivity contribution in [1.82, 2.24) is 15.3 Å². The minimum absolute atomic E-state index is 0.400. The third kappa shape index (κ3) is 5.69. The third-order valence-corrected chi connectivity index (χ3v) is 5.94. The maximum Gasteiger partial charge on any atom is 0.234 e. The Morgan fingerprint density at radius 1 is 1.19 bits per heavy atom. The number of methoxy groups -OCH3 is 1. The fourth-order valence-electron chi connectivity index (χ4n) is 3.53. The molecule has 2 aromatic heterocycles. The summed E-state index contributed by atoms with van der Waals surface area (Å²) in [5.74, 6) is 4.01. The van der Waals surface area contributed by atoms with Crippen LogP contribution in [0.25, 0.3) is 11.3 Å². The lowest BCUT2D eigenvalue weighted by Crippen LogP contribution is -2.34. The van der Waals surface area contributed by atoms with Crippen molar-refractivity contribution in [3.8, 4) is 17.2 Å². The van der Waals surface area contributed by atoms with Gasteiger partial charge < -0.3 is 24.7 Å². The molecule has 32 heavy (non-hydrogen) atoms. The van der Waals surface area contributed by atoms with Gasteiger partial charge in [-0.05, 0) is 67.4 Å². The Kier molecular flexibility index (Phi) is 7.12.